The second-order valence-corrected chi connectivity index (χ2v) is 4.30. The highest BCUT2D eigenvalue weighted by Gasteiger charge is 2.01. The van der Waals surface area contributed by atoms with Crippen LogP contribution in [0.4, 0.5) is 4.39 Å². The van der Waals surface area contributed by atoms with Gasteiger partial charge in [0.2, 0.25) is 0 Å². The van der Waals surface area contributed by atoms with Gasteiger partial charge in [0.15, 0.2) is 11.6 Å². The van der Waals surface area contributed by atoms with E-state index >= 15 is 0 Å². The predicted molar refractivity (Wildman–Crippen MR) is 76.6 cm³/mol. The Bertz CT molecular complexity index is 528. The zero-order valence-corrected chi connectivity index (χ0v) is 11.4. The fourth-order valence-electron chi connectivity index (χ4n) is 1.78. The number of rotatable bonds is 7. The van der Waals surface area contributed by atoms with E-state index in [4.69, 9.17) is 9.47 Å². The van der Waals surface area contributed by atoms with Gasteiger partial charge in [-0.2, -0.15) is 0 Å². The van der Waals surface area contributed by atoms with E-state index in [1.54, 1.807) is 18.2 Å². The molecule has 0 aromatic heterocycles. The average molecular weight is 275 g/mol. The summed E-state index contributed by atoms with van der Waals surface area (Å²) in [4.78, 5) is 0. The summed E-state index contributed by atoms with van der Waals surface area (Å²) in [6.45, 7) is 1.51. The average Bonchev–Trinajstić information content (AvgIpc) is 2.47. The number of hydrogen-bond acceptors (Lipinski definition) is 3. The van der Waals surface area contributed by atoms with Crippen molar-refractivity contribution in [2.75, 3.05) is 20.3 Å². The van der Waals surface area contributed by atoms with Crippen molar-refractivity contribution in [3.63, 3.8) is 0 Å². The number of halogens is 1. The summed E-state index contributed by atoms with van der Waals surface area (Å²) in [6, 6.07) is 14.2. The van der Waals surface area contributed by atoms with Crippen LogP contribution in [0, 0.1) is 5.82 Å². The van der Waals surface area contributed by atoms with E-state index in [-0.39, 0.29) is 11.6 Å². The number of ether oxygens (including phenoxy) is 2. The van der Waals surface area contributed by atoms with Crippen LogP contribution in [-0.4, -0.2) is 20.3 Å². The zero-order chi connectivity index (χ0) is 14.2. The molecule has 0 saturated heterocycles. The van der Waals surface area contributed by atoms with Crippen LogP contribution in [0.3, 0.4) is 0 Å². The lowest BCUT2D eigenvalue weighted by Crippen LogP contribution is -2.10. The minimum atomic E-state index is -0.357. The van der Waals surface area contributed by atoms with Gasteiger partial charge in [0.1, 0.15) is 19.0 Å². The summed E-state index contributed by atoms with van der Waals surface area (Å²) in [5, 5.41) is 3.08. The predicted octanol–water partition coefficient (Wildman–Crippen LogP) is 3.00. The van der Waals surface area contributed by atoms with Crippen molar-refractivity contribution in [1.82, 2.24) is 5.32 Å². The molecule has 0 bridgehead atoms. The lowest BCUT2D eigenvalue weighted by Gasteiger charge is -2.09. The Labute approximate surface area is 118 Å². The van der Waals surface area contributed by atoms with E-state index in [0.717, 1.165) is 12.3 Å². The lowest BCUT2D eigenvalue weighted by atomic mass is 10.2. The Morgan fingerprint density at radius 3 is 2.35 bits per heavy atom. The second kappa shape index (κ2) is 7.50. The summed E-state index contributed by atoms with van der Waals surface area (Å²) < 4.78 is 24.1. The largest absolute Gasteiger partial charge is 0.490 e. The van der Waals surface area contributed by atoms with Gasteiger partial charge in [-0.1, -0.05) is 24.3 Å². The zero-order valence-electron chi connectivity index (χ0n) is 11.4. The molecule has 0 aliphatic rings. The number of nitrogens with one attached hydrogen (secondary N) is 1. The highest BCUT2D eigenvalue weighted by Crippen LogP contribution is 2.15. The molecular weight excluding hydrogens is 257 g/mol. The summed E-state index contributed by atoms with van der Waals surface area (Å²) >= 11 is 0. The summed E-state index contributed by atoms with van der Waals surface area (Å²) in [6.07, 6.45) is 0. The first-order valence-electron chi connectivity index (χ1n) is 6.53. The first-order valence-corrected chi connectivity index (χ1v) is 6.53. The molecule has 0 fully saturated rings. The van der Waals surface area contributed by atoms with Crippen molar-refractivity contribution in [3.8, 4) is 11.5 Å². The standard InChI is InChI=1S/C16H18FNO2/c1-18-12-13-6-8-14(9-7-13)19-10-11-20-16-5-3-2-4-15(16)17/h2-9,18H,10-12H2,1H3. The topological polar surface area (TPSA) is 30.5 Å². The number of hydrogen-bond donors (Lipinski definition) is 1. The van der Waals surface area contributed by atoms with Crippen LogP contribution >= 0.6 is 0 Å². The van der Waals surface area contributed by atoms with Gasteiger partial charge in [-0.15, -0.1) is 0 Å². The van der Waals surface area contributed by atoms with Crippen molar-refractivity contribution >= 4 is 0 Å². The summed E-state index contributed by atoms with van der Waals surface area (Å²) in [7, 11) is 1.91. The summed E-state index contributed by atoms with van der Waals surface area (Å²) in [5.74, 6) is 0.673. The van der Waals surface area contributed by atoms with Crippen molar-refractivity contribution in [1.29, 1.82) is 0 Å². The Morgan fingerprint density at radius 1 is 0.950 bits per heavy atom. The second-order valence-electron chi connectivity index (χ2n) is 4.30. The maximum atomic E-state index is 13.3. The van der Waals surface area contributed by atoms with Crippen LogP contribution in [0.15, 0.2) is 48.5 Å². The van der Waals surface area contributed by atoms with Gasteiger partial charge in [0.25, 0.3) is 0 Å². The molecule has 0 unspecified atom stereocenters. The minimum absolute atomic E-state index is 0.250. The molecule has 2 rings (SSSR count). The SMILES string of the molecule is CNCc1ccc(OCCOc2ccccc2F)cc1. The first kappa shape index (κ1) is 14.3. The molecule has 20 heavy (non-hydrogen) atoms. The molecule has 0 saturated carbocycles. The molecule has 0 aliphatic heterocycles. The lowest BCUT2D eigenvalue weighted by molar-refractivity contribution is 0.211. The fourth-order valence-corrected chi connectivity index (χ4v) is 1.78. The van der Waals surface area contributed by atoms with Crippen LogP contribution in [0.2, 0.25) is 0 Å². The van der Waals surface area contributed by atoms with Crippen LogP contribution in [0.25, 0.3) is 0 Å². The maximum Gasteiger partial charge on any atom is 0.165 e. The Morgan fingerprint density at radius 2 is 1.65 bits per heavy atom. The Kier molecular flexibility index (Phi) is 5.38. The molecule has 0 amide bonds. The number of para-hydroxylation sites is 1. The minimum Gasteiger partial charge on any atom is -0.490 e. The van der Waals surface area contributed by atoms with E-state index in [1.807, 2.05) is 31.3 Å². The van der Waals surface area contributed by atoms with Crippen LogP contribution in [-0.2, 0) is 6.54 Å². The van der Waals surface area contributed by atoms with E-state index in [2.05, 4.69) is 5.32 Å². The van der Waals surface area contributed by atoms with Crippen molar-refractivity contribution in [2.45, 2.75) is 6.54 Å². The Hall–Kier alpha value is -2.07. The smallest absolute Gasteiger partial charge is 0.165 e. The Balaban J connectivity index is 1.74. The summed E-state index contributed by atoms with van der Waals surface area (Å²) in [5.41, 5.74) is 1.20. The van der Waals surface area contributed by atoms with Crippen LogP contribution in [0.5, 0.6) is 11.5 Å². The number of benzene rings is 2. The molecule has 0 aliphatic carbocycles. The van der Waals surface area contributed by atoms with Crippen molar-refractivity contribution < 1.29 is 13.9 Å². The molecule has 4 heteroatoms. The monoisotopic (exact) mass is 275 g/mol. The molecule has 0 spiro atoms. The van der Waals surface area contributed by atoms with Gasteiger partial charge in [-0.25, -0.2) is 4.39 Å². The quantitative estimate of drug-likeness (QED) is 0.788. The van der Waals surface area contributed by atoms with Crippen LogP contribution in [0.1, 0.15) is 5.56 Å². The fraction of sp³-hybridized carbons (Fsp3) is 0.250. The molecule has 3 nitrogen and oxygen atoms in total. The van der Waals surface area contributed by atoms with E-state index in [1.165, 1.54) is 11.6 Å². The third-order valence-corrected chi connectivity index (χ3v) is 2.75. The first-order chi connectivity index (χ1) is 9.79. The van der Waals surface area contributed by atoms with E-state index in [9.17, 15) is 4.39 Å². The van der Waals surface area contributed by atoms with Gasteiger partial charge in [0, 0.05) is 6.54 Å². The van der Waals surface area contributed by atoms with E-state index < -0.39 is 0 Å². The third-order valence-electron chi connectivity index (χ3n) is 2.75. The van der Waals surface area contributed by atoms with Gasteiger partial charge < -0.3 is 14.8 Å². The molecule has 0 radical (unpaired) electrons. The molecule has 106 valence electrons. The normalized spacial score (nSPS) is 10.3. The molecule has 2 aromatic carbocycles. The van der Waals surface area contributed by atoms with Gasteiger partial charge in [-0.05, 0) is 36.9 Å². The maximum absolute atomic E-state index is 13.3. The molecule has 0 heterocycles. The van der Waals surface area contributed by atoms with Gasteiger partial charge >= 0.3 is 0 Å². The van der Waals surface area contributed by atoms with Crippen molar-refractivity contribution in [3.05, 3.63) is 59.9 Å². The molecular formula is C16H18FNO2. The van der Waals surface area contributed by atoms with Gasteiger partial charge in [0.05, 0.1) is 0 Å². The van der Waals surface area contributed by atoms with E-state index in [0.29, 0.717) is 13.2 Å². The molecule has 1 N–H and O–H groups in total. The van der Waals surface area contributed by atoms with Gasteiger partial charge in [-0.3, -0.25) is 0 Å². The van der Waals surface area contributed by atoms with Crippen molar-refractivity contribution in [2.24, 2.45) is 0 Å². The third kappa shape index (κ3) is 4.24. The van der Waals surface area contributed by atoms with Crippen LogP contribution < -0.4 is 14.8 Å². The highest BCUT2D eigenvalue weighted by atomic mass is 19.1. The molecule has 2 aromatic rings. The molecule has 0 atom stereocenters. The highest BCUT2D eigenvalue weighted by molar-refractivity contribution is 5.27.